The van der Waals surface area contributed by atoms with Crippen LogP contribution in [0.5, 0.6) is 5.75 Å². The van der Waals surface area contributed by atoms with E-state index in [1.807, 2.05) is 43.3 Å². The molecule has 1 unspecified atom stereocenters. The molecule has 2 aromatic rings. The van der Waals surface area contributed by atoms with Gasteiger partial charge < -0.3 is 20.7 Å². The van der Waals surface area contributed by atoms with Crippen LogP contribution in [-0.2, 0) is 0 Å². The monoisotopic (exact) mass is 330 g/mol. The lowest BCUT2D eigenvalue weighted by molar-refractivity contribution is 0.306. The van der Waals surface area contributed by atoms with E-state index in [4.69, 9.17) is 10.5 Å². The van der Waals surface area contributed by atoms with Gasteiger partial charge in [-0.3, -0.25) is 4.99 Å². The molecule has 2 rings (SSSR count). The summed E-state index contributed by atoms with van der Waals surface area (Å²) in [5, 5.41) is 3.04. The average molecular weight is 330 g/mol. The quantitative estimate of drug-likeness (QED) is 0.631. The third-order valence-corrected chi connectivity index (χ3v) is 3.65. The zero-order chi connectivity index (χ0) is 17.5. The Balaban J connectivity index is 2.06. The third-order valence-electron chi connectivity index (χ3n) is 3.65. The van der Waals surface area contributed by atoms with E-state index in [1.54, 1.807) is 19.2 Å². The molecule has 0 aliphatic rings. The number of aliphatic imine (C=N–C) groups is 1. The van der Waals surface area contributed by atoms with Gasteiger partial charge in [0.25, 0.3) is 0 Å². The van der Waals surface area contributed by atoms with E-state index in [9.17, 15) is 4.39 Å². The van der Waals surface area contributed by atoms with Gasteiger partial charge >= 0.3 is 0 Å². The molecule has 0 fully saturated rings. The lowest BCUT2D eigenvalue weighted by Gasteiger charge is -2.23. The van der Waals surface area contributed by atoms with E-state index in [-0.39, 0.29) is 11.9 Å². The van der Waals surface area contributed by atoms with Gasteiger partial charge in [-0.15, -0.1) is 0 Å². The Morgan fingerprint density at radius 3 is 2.58 bits per heavy atom. The summed E-state index contributed by atoms with van der Waals surface area (Å²) < 4.78 is 18.3. The van der Waals surface area contributed by atoms with Crippen molar-refractivity contribution in [2.24, 2.45) is 10.7 Å². The second-order valence-corrected chi connectivity index (χ2v) is 5.61. The van der Waals surface area contributed by atoms with Crippen LogP contribution in [0.25, 0.3) is 0 Å². The molecule has 0 aliphatic heterocycles. The number of hydrogen-bond donors (Lipinski definition) is 2. The Bertz CT molecular complexity index is 686. The highest BCUT2D eigenvalue weighted by Crippen LogP contribution is 2.19. The standard InChI is InChI=1S/C18H23FN4O/c1-23(2)17(13-7-9-14(19)10-8-13)12-21-18(20)22-15-5-4-6-16(11-15)24-3/h4-11,17H,12H2,1-3H3,(H3,20,21,22). The summed E-state index contributed by atoms with van der Waals surface area (Å²) in [4.78, 5) is 6.43. The summed E-state index contributed by atoms with van der Waals surface area (Å²) in [7, 11) is 5.52. The first-order valence-corrected chi connectivity index (χ1v) is 7.62. The number of nitrogens with zero attached hydrogens (tertiary/aromatic N) is 2. The summed E-state index contributed by atoms with van der Waals surface area (Å²) >= 11 is 0. The van der Waals surface area contributed by atoms with E-state index < -0.39 is 0 Å². The second kappa shape index (κ2) is 8.31. The van der Waals surface area contributed by atoms with Gasteiger partial charge in [0, 0.05) is 11.8 Å². The molecule has 1 atom stereocenters. The first-order valence-electron chi connectivity index (χ1n) is 7.62. The van der Waals surface area contributed by atoms with Crippen molar-refractivity contribution in [3.05, 3.63) is 59.9 Å². The van der Waals surface area contributed by atoms with Crippen LogP contribution in [0.4, 0.5) is 10.1 Å². The molecule has 0 saturated heterocycles. The number of ether oxygens (including phenoxy) is 1. The highest BCUT2D eigenvalue weighted by molar-refractivity contribution is 5.92. The van der Waals surface area contributed by atoms with Crippen molar-refractivity contribution in [1.29, 1.82) is 0 Å². The van der Waals surface area contributed by atoms with Gasteiger partial charge in [0.1, 0.15) is 11.6 Å². The van der Waals surface area contributed by atoms with Crippen molar-refractivity contribution >= 4 is 11.6 Å². The number of rotatable bonds is 6. The maximum Gasteiger partial charge on any atom is 0.193 e. The number of anilines is 1. The number of nitrogens with one attached hydrogen (secondary N) is 1. The van der Waals surface area contributed by atoms with Gasteiger partial charge in [-0.05, 0) is 43.9 Å². The Kier molecular flexibility index (Phi) is 6.14. The van der Waals surface area contributed by atoms with Crippen LogP contribution in [0.3, 0.4) is 0 Å². The highest BCUT2D eigenvalue weighted by atomic mass is 19.1. The minimum atomic E-state index is -0.251. The topological polar surface area (TPSA) is 62.9 Å². The molecule has 0 saturated carbocycles. The molecular formula is C18H23FN4O. The summed E-state index contributed by atoms with van der Waals surface area (Å²) in [5.41, 5.74) is 7.76. The fourth-order valence-corrected chi connectivity index (χ4v) is 2.32. The van der Waals surface area contributed by atoms with Crippen LogP contribution in [0.1, 0.15) is 11.6 Å². The minimum Gasteiger partial charge on any atom is -0.497 e. The predicted molar refractivity (Wildman–Crippen MR) is 95.9 cm³/mol. The molecule has 0 heterocycles. The fourth-order valence-electron chi connectivity index (χ4n) is 2.32. The van der Waals surface area contributed by atoms with Crippen molar-refractivity contribution in [2.75, 3.05) is 33.1 Å². The fraction of sp³-hybridized carbons (Fsp3) is 0.278. The molecular weight excluding hydrogens is 307 g/mol. The average Bonchev–Trinajstić information content (AvgIpc) is 2.56. The second-order valence-electron chi connectivity index (χ2n) is 5.61. The first-order chi connectivity index (χ1) is 11.5. The largest absolute Gasteiger partial charge is 0.497 e. The van der Waals surface area contributed by atoms with Crippen LogP contribution < -0.4 is 15.8 Å². The van der Waals surface area contributed by atoms with Gasteiger partial charge in [-0.2, -0.15) is 0 Å². The van der Waals surface area contributed by atoms with Crippen LogP contribution >= 0.6 is 0 Å². The molecule has 0 radical (unpaired) electrons. The molecule has 0 aliphatic carbocycles. The molecule has 128 valence electrons. The minimum absolute atomic E-state index is 0.0104. The number of halogens is 1. The molecule has 3 N–H and O–H groups in total. The Hall–Kier alpha value is -2.60. The van der Waals surface area contributed by atoms with E-state index in [1.165, 1.54) is 12.1 Å². The summed E-state index contributed by atoms with van der Waals surface area (Å²) in [5.74, 6) is 0.807. The van der Waals surface area contributed by atoms with E-state index in [0.717, 1.165) is 17.0 Å². The first kappa shape index (κ1) is 17.7. The molecule has 6 heteroatoms. The van der Waals surface area contributed by atoms with E-state index >= 15 is 0 Å². The number of methoxy groups -OCH3 is 1. The molecule has 0 amide bonds. The Morgan fingerprint density at radius 1 is 1.25 bits per heavy atom. The highest BCUT2D eigenvalue weighted by Gasteiger charge is 2.13. The third kappa shape index (κ3) is 4.96. The number of benzene rings is 2. The number of hydrogen-bond acceptors (Lipinski definition) is 3. The smallest absolute Gasteiger partial charge is 0.193 e. The van der Waals surface area contributed by atoms with Crippen LogP contribution in [-0.4, -0.2) is 38.6 Å². The molecule has 0 aromatic heterocycles. The van der Waals surface area contributed by atoms with Gasteiger partial charge in [0.2, 0.25) is 0 Å². The zero-order valence-electron chi connectivity index (χ0n) is 14.2. The number of likely N-dealkylation sites (N-methyl/N-ethyl adjacent to an activating group) is 1. The van der Waals surface area contributed by atoms with Crippen LogP contribution in [0, 0.1) is 5.82 Å². The molecule has 24 heavy (non-hydrogen) atoms. The summed E-state index contributed by atoms with van der Waals surface area (Å²) in [6, 6.07) is 13.9. The van der Waals surface area contributed by atoms with Gasteiger partial charge in [-0.25, -0.2) is 4.39 Å². The van der Waals surface area contributed by atoms with Gasteiger partial charge in [0.15, 0.2) is 5.96 Å². The predicted octanol–water partition coefficient (Wildman–Crippen LogP) is 2.86. The van der Waals surface area contributed by atoms with Crippen molar-refractivity contribution in [3.63, 3.8) is 0 Å². The van der Waals surface area contributed by atoms with Gasteiger partial charge in [-0.1, -0.05) is 18.2 Å². The van der Waals surface area contributed by atoms with Crippen molar-refractivity contribution in [3.8, 4) is 5.75 Å². The number of guanidine groups is 1. The van der Waals surface area contributed by atoms with E-state index in [2.05, 4.69) is 10.3 Å². The summed E-state index contributed by atoms with van der Waals surface area (Å²) in [6.45, 7) is 0.460. The normalized spacial score (nSPS) is 13.0. The van der Waals surface area contributed by atoms with Crippen LogP contribution in [0.15, 0.2) is 53.5 Å². The molecule has 0 spiro atoms. The van der Waals surface area contributed by atoms with Crippen molar-refractivity contribution in [2.45, 2.75) is 6.04 Å². The Morgan fingerprint density at radius 2 is 1.96 bits per heavy atom. The molecule has 0 bridgehead atoms. The van der Waals surface area contributed by atoms with Crippen molar-refractivity contribution < 1.29 is 9.13 Å². The maximum atomic E-state index is 13.1. The van der Waals surface area contributed by atoms with Crippen molar-refractivity contribution in [1.82, 2.24) is 4.90 Å². The molecule has 5 nitrogen and oxygen atoms in total. The van der Waals surface area contributed by atoms with E-state index in [0.29, 0.717) is 12.5 Å². The maximum absolute atomic E-state index is 13.1. The van der Waals surface area contributed by atoms with Crippen LogP contribution in [0.2, 0.25) is 0 Å². The lowest BCUT2D eigenvalue weighted by atomic mass is 10.1. The lowest BCUT2D eigenvalue weighted by Crippen LogP contribution is -2.27. The van der Waals surface area contributed by atoms with Gasteiger partial charge in [0.05, 0.1) is 19.7 Å². The zero-order valence-corrected chi connectivity index (χ0v) is 14.2. The summed E-state index contributed by atoms with van der Waals surface area (Å²) in [6.07, 6.45) is 0. The Labute approximate surface area is 142 Å². The number of nitrogens with two attached hydrogens (primary N) is 1. The molecule has 2 aromatic carbocycles. The SMILES string of the molecule is COc1cccc(NC(N)=NCC(c2ccc(F)cc2)N(C)C)c1.